The lowest BCUT2D eigenvalue weighted by molar-refractivity contribution is -0.143. The number of amides is 3. The van der Waals surface area contributed by atoms with E-state index in [1.54, 1.807) is 12.1 Å². The van der Waals surface area contributed by atoms with Crippen molar-refractivity contribution in [3.63, 3.8) is 0 Å². The normalized spacial score (nSPS) is 14.3. The number of hydrogen-bond donors (Lipinski definition) is 7. The van der Waals surface area contributed by atoms with Crippen molar-refractivity contribution in [3.05, 3.63) is 29.8 Å². The Balaban J connectivity index is 2.89. The molecule has 0 spiro atoms. The van der Waals surface area contributed by atoms with Gasteiger partial charge < -0.3 is 37.0 Å². The highest BCUT2D eigenvalue weighted by Gasteiger charge is 2.29. The van der Waals surface area contributed by atoms with Crippen LogP contribution in [0.15, 0.2) is 24.3 Å². The van der Waals surface area contributed by atoms with Gasteiger partial charge in [0.1, 0.15) is 23.9 Å². The molecule has 8 N–H and O–H groups in total. The first-order valence-electron chi connectivity index (χ1n) is 10.9. The molecule has 0 bridgehead atoms. The van der Waals surface area contributed by atoms with E-state index in [9.17, 15) is 29.4 Å². The second-order valence-corrected chi connectivity index (χ2v) is 9.72. The zero-order valence-corrected chi connectivity index (χ0v) is 21.4. The van der Waals surface area contributed by atoms with Gasteiger partial charge in [0.25, 0.3) is 0 Å². The van der Waals surface area contributed by atoms with Crippen molar-refractivity contribution in [2.75, 3.05) is 30.6 Å². The van der Waals surface area contributed by atoms with Crippen LogP contribution in [0.1, 0.15) is 18.4 Å². The highest BCUT2D eigenvalue weighted by atomic mass is 32.2. The number of phenols is 1. The van der Waals surface area contributed by atoms with Gasteiger partial charge in [0, 0.05) is 0 Å². The first-order valence-corrected chi connectivity index (χ1v) is 13.7. The van der Waals surface area contributed by atoms with Gasteiger partial charge in [-0.1, -0.05) is 12.1 Å². The molecule has 0 radical (unpaired) electrons. The minimum Gasteiger partial charge on any atom is -0.508 e. The molecule has 0 saturated carbocycles. The van der Waals surface area contributed by atoms with Crippen LogP contribution in [-0.4, -0.2) is 93.8 Å². The Morgan fingerprint density at radius 2 is 1.31 bits per heavy atom. The minimum absolute atomic E-state index is 0.0919. The van der Waals surface area contributed by atoms with E-state index in [-0.39, 0.29) is 25.0 Å². The van der Waals surface area contributed by atoms with Crippen molar-refractivity contribution >= 4 is 47.2 Å². The Kier molecular flexibility index (Phi) is 14.2. The fourth-order valence-corrected chi connectivity index (χ4v) is 3.94. The van der Waals surface area contributed by atoms with Gasteiger partial charge in [-0.3, -0.25) is 14.4 Å². The van der Waals surface area contributed by atoms with E-state index < -0.39 is 54.5 Å². The van der Waals surface area contributed by atoms with E-state index in [4.69, 9.17) is 10.8 Å². The van der Waals surface area contributed by atoms with Gasteiger partial charge in [-0.2, -0.15) is 23.5 Å². The fraction of sp³-hybridized carbons (Fsp3) is 0.545. The third kappa shape index (κ3) is 11.2. The van der Waals surface area contributed by atoms with Gasteiger partial charge in [0.05, 0.1) is 12.6 Å². The molecule has 1 aromatic carbocycles. The Morgan fingerprint density at radius 3 is 1.74 bits per heavy atom. The predicted molar refractivity (Wildman–Crippen MR) is 136 cm³/mol. The molecule has 0 heterocycles. The quantitative estimate of drug-likeness (QED) is 0.144. The van der Waals surface area contributed by atoms with Gasteiger partial charge in [0.15, 0.2) is 0 Å². The van der Waals surface area contributed by atoms with Crippen LogP contribution >= 0.6 is 23.5 Å². The number of aliphatic carboxylic acids is 1. The predicted octanol–water partition coefficient (Wildman–Crippen LogP) is -0.700. The Bertz CT molecular complexity index is 842. The summed E-state index contributed by atoms with van der Waals surface area (Å²) in [5.74, 6) is -2.13. The van der Waals surface area contributed by atoms with Crippen molar-refractivity contribution in [1.29, 1.82) is 0 Å². The third-order valence-corrected chi connectivity index (χ3v) is 6.30. The third-order valence-electron chi connectivity index (χ3n) is 5.01. The van der Waals surface area contributed by atoms with Crippen molar-refractivity contribution in [3.8, 4) is 5.75 Å². The number of nitrogens with two attached hydrogens (primary N) is 1. The summed E-state index contributed by atoms with van der Waals surface area (Å²) in [6.45, 7) is -0.796. The summed E-state index contributed by atoms with van der Waals surface area (Å²) < 4.78 is 0. The van der Waals surface area contributed by atoms with Crippen molar-refractivity contribution in [2.45, 2.75) is 43.4 Å². The van der Waals surface area contributed by atoms with E-state index >= 15 is 0 Å². The van der Waals surface area contributed by atoms with Crippen LogP contribution in [0.2, 0.25) is 0 Å². The van der Waals surface area contributed by atoms with Gasteiger partial charge in [-0.25, -0.2) is 4.79 Å². The summed E-state index contributed by atoms with van der Waals surface area (Å²) in [6.07, 6.45) is 4.38. The molecule has 0 aromatic heterocycles. The van der Waals surface area contributed by atoms with Gasteiger partial charge in [-0.15, -0.1) is 0 Å². The summed E-state index contributed by atoms with van der Waals surface area (Å²) in [6, 6.07) is 1.81. The van der Waals surface area contributed by atoms with E-state index in [1.165, 1.54) is 35.7 Å². The van der Waals surface area contributed by atoms with Crippen molar-refractivity contribution < 1.29 is 34.5 Å². The molecule has 1 aromatic rings. The number of carboxylic acid groups (broad SMARTS) is 1. The van der Waals surface area contributed by atoms with Crippen molar-refractivity contribution in [1.82, 2.24) is 16.0 Å². The largest absolute Gasteiger partial charge is 0.508 e. The maximum atomic E-state index is 13.0. The number of benzene rings is 1. The molecule has 0 saturated heterocycles. The number of aliphatic hydroxyl groups is 1. The molecule has 0 aliphatic heterocycles. The summed E-state index contributed by atoms with van der Waals surface area (Å²) in [5.41, 5.74) is 6.76. The van der Waals surface area contributed by atoms with Crippen molar-refractivity contribution in [2.24, 2.45) is 5.73 Å². The number of carbonyl (C=O) groups is 4. The Hall–Kier alpha value is -2.48. The molecule has 4 unspecified atom stereocenters. The molecule has 1 rings (SSSR count). The Labute approximate surface area is 213 Å². The molecule has 196 valence electrons. The maximum Gasteiger partial charge on any atom is 0.328 e. The summed E-state index contributed by atoms with van der Waals surface area (Å²) in [5, 5.41) is 35.1. The average Bonchev–Trinajstić information content (AvgIpc) is 2.83. The lowest BCUT2D eigenvalue weighted by Gasteiger charge is -2.25. The first-order chi connectivity index (χ1) is 16.6. The lowest BCUT2D eigenvalue weighted by atomic mass is 10.0. The number of carbonyl (C=O) groups excluding carboxylic acids is 3. The van der Waals surface area contributed by atoms with Crippen LogP contribution in [0.3, 0.4) is 0 Å². The number of carboxylic acids is 1. The number of aromatic hydroxyl groups is 1. The molecular weight excluding hydrogens is 496 g/mol. The average molecular weight is 531 g/mol. The van der Waals surface area contributed by atoms with E-state index in [1.807, 2.05) is 12.5 Å². The number of aliphatic hydroxyl groups excluding tert-OH is 1. The monoisotopic (exact) mass is 530 g/mol. The van der Waals surface area contributed by atoms with Crippen LogP contribution in [0, 0.1) is 0 Å². The number of nitrogens with one attached hydrogen (secondary N) is 3. The minimum atomic E-state index is -1.50. The fourth-order valence-electron chi connectivity index (χ4n) is 3.00. The summed E-state index contributed by atoms with van der Waals surface area (Å²) in [7, 11) is 0. The van der Waals surface area contributed by atoms with Crippen LogP contribution in [0.5, 0.6) is 5.75 Å². The molecule has 0 aliphatic carbocycles. The molecule has 0 aliphatic rings. The smallest absolute Gasteiger partial charge is 0.328 e. The van der Waals surface area contributed by atoms with Gasteiger partial charge in [0.2, 0.25) is 17.7 Å². The van der Waals surface area contributed by atoms with E-state index in [0.29, 0.717) is 11.5 Å². The lowest BCUT2D eigenvalue weighted by Crippen LogP contribution is -2.57. The number of phenolic OH excluding ortho intramolecular Hbond substituents is 1. The topological polar surface area (TPSA) is 191 Å². The molecule has 11 nitrogen and oxygen atoms in total. The van der Waals surface area contributed by atoms with Crippen LogP contribution < -0.4 is 21.7 Å². The summed E-state index contributed by atoms with van der Waals surface area (Å²) in [4.78, 5) is 49.5. The SMILES string of the molecule is CSCCC(NC(=O)C(N)Cc1ccc(O)cc1)C(=O)NC(CCSC)C(=O)NC(CO)C(=O)O. The van der Waals surface area contributed by atoms with Crippen LogP contribution in [0.25, 0.3) is 0 Å². The number of rotatable bonds is 16. The molecular formula is C22H34N4O7S2. The first kappa shape index (κ1) is 30.6. The number of hydrogen-bond acceptors (Lipinski definition) is 9. The van der Waals surface area contributed by atoms with Crippen LogP contribution in [-0.2, 0) is 25.6 Å². The second-order valence-electron chi connectivity index (χ2n) is 7.74. The van der Waals surface area contributed by atoms with E-state index in [0.717, 1.165) is 5.56 Å². The van der Waals surface area contributed by atoms with E-state index in [2.05, 4.69) is 16.0 Å². The summed E-state index contributed by atoms with van der Waals surface area (Å²) >= 11 is 2.92. The molecule has 0 fully saturated rings. The maximum absolute atomic E-state index is 13.0. The molecule has 35 heavy (non-hydrogen) atoms. The zero-order chi connectivity index (χ0) is 26.4. The zero-order valence-electron chi connectivity index (χ0n) is 19.7. The van der Waals surface area contributed by atoms with Crippen LogP contribution in [0.4, 0.5) is 0 Å². The van der Waals surface area contributed by atoms with Gasteiger partial charge >= 0.3 is 5.97 Å². The number of thioether (sulfide) groups is 2. The molecule has 13 heteroatoms. The van der Waals surface area contributed by atoms with Gasteiger partial charge in [-0.05, 0) is 61.0 Å². The Morgan fingerprint density at radius 1 is 0.857 bits per heavy atom. The second kappa shape index (κ2) is 16.2. The molecule has 4 atom stereocenters. The molecule has 3 amide bonds. The highest BCUT2D eigenvalue weighted by Crippen LogP contribution is 2.11. The highest BCUT2D eigenvalue weighted by molar-refractivity contribution is 7.98. The standard InChI is InChI=1S/C22H34N4O7S2/c1-34-9-7-16(24-19(29)15(23)11-13-3-5-14(28)6-4-13)20(30)25-17(8-10-35-2)21(31)26-18(12-27)22(32)33/h3-6,15-18,27-28H,7-12,23H2,1-2H3,(H,24,29)(H,25,30)(H,26,31)(H,32,33).